The van der Waals surface area contributed by atoms with Gasteiger partial charge in [-0.05, 0) is 82.9 Å². The van der Waals surface area contributed by atoms with Gasteiger partial charge in [0.2, 0.25) is 13.3 Å². The lowest BCUT2D eigenvalue weighted by Crippen LogP contribution is -2.41. The molecule has 1 fully saturated rings. The van der Waals surface area contributed by atoms with Crippen molar-refractivity contribution in [3.8, 4) is 5.75 Å². The number of amides is 1. The van der Waals surface area contributed by atoms with E-state index in [0.717, 1.165) is 11.0 Å². The number of methoxy groups -OCH3 is 1. The molecule has 1 aliphatic heterocycles. The zero-order valence-electron chi connectivity index (χ0n) is 31.6. The molecule has 19 heteroatoms. The average molecular weight is 850 g/mol. The van der Waals surface area contributed by atoms with E-state index in [1.165, 1.54) is 26.3 Å². The van der Waals surface area contributed by atoms with E-state index >= 15 is 0 Å². The molecule has 0 spiro atoms. The van der Waals surface area contributed by atoms with Crippen molar-refractivity contribution in [3.63, 3.8) is 0 Å². The van der Waals surface area contributed by atoms with Crippen molar-refractivity contribution in [1.29, 1.82) is 0 Å². The first-order valence-corrected chi connectivity index (χ1v) is 20.3. The highest BCUT2D eigenvalue weighted by Gasteiger charge is 2.52. The SMILES string of the molecule is CCC(Cc1ccc(Nc2ncc(C(F)(F)F)c(Nc3ccc(Br)cc3C(=O)NC)n2)c(OC)c1)P(=O)(O)CCCn1cc(B2OC(C)(C)C(C)(C)O2)cn1. The lowest BCUT2D eigenvalue weighted by Gasteiger charge is -2.32. The lowest BCUT2D eigenvalue weighted by molar-refractivity contribution is -0.137. The molecule has 55 heavy (non-hydrogen) atoms. The van der Waals surface area contributed by atoms with Crippen LogP contribution in [0.25, 0.3) is 0 Å². The predicted molar refractivity (Wildman–Crippen MR) is 209 cm³/mol. The van der Waals surface area contributed by atoms with Crippen LogP contribution >= 0.6 is 23.3 Å². The van der Waals surface area contributed by atoms with Gasteiger partial charge in [0.05, 0.1) is 35.3 Å². The van der Waals surface area contributed by atoms with E-state index in [-0.39, 0.29) is 23.4 Å². The van der Waals surface area contributed by atoms with Gasteiger partial charge < -0.3 is 34.9 Å². The van der Waals surface area contributed by atoms with Crippen LogP contribution in [0.15, 0.2) is 59.5 Å². The van der Waals surface area contributed by atoms with Crippen LogP contribution in [0.5, 0.6) is 5.75 Å². The van der Waals surface area contributed by atoms with Crippen LogP contribution in [0.3, 0.4) is 0 Å². The van der Waals surface area contributed by atoms with Crippen molar-refractivity contribution in [2.75, 3.05) is 31.0 Å². The molecule has 2 aromatic heterocycles. The van der Waals surface area contributed by atoms with Gasteiger partial charge in [0.25, 0.3) is 5.91 Å². The third kappa shape index (κ3) is 9.90. The van der Waals surface area contributed by atoms with Crippen LogP contribution in [-0.2, 0) is 33.0 Å². The summed E-state index contributed by atoms with van der Waals surface area (Å²) < 4.78 is 75.8. The molecular weight excluding hydrogens is 805 g/mol. The molecule has 0 radical (unpaired) electrons. The van der Waals surface area contributed by atoms with E-state index in [0.29, 0.717) is 47.9 Å². The van der Waals surface area contributed by atoms with Crippen LogP contribution in [-0.4, -0.2) is 74.8 Å². The summed E-state index contributed by atoms with van der Waals surface area (Å²) in [7, 11) is -1.31. The van der Waals surface area contributed by atoms with Crippen LogP contribution in [0.4, 0.5) is 36.3 Å². The Labute approximate surface area is 326 Å². The van der Waals surface area contributed by atoms with E-state index < -0.39 is 54.8 Å². The van der Waals surface area contributed by atoms with Crippen molar-refractivity contribution < 1.29 is 41.5 Å². The lowest BCUT2D eigenvalue weighted by atomic mass is 9.82. The fourth-order valence-corrected chi connectivity index (χ4v) is 8.38. The van der Waals surface area contributed by atoms with Gasteiger partial charge in [0, 0.05) is 53.9 Å². The summed E-state index contributed by atoms with van der Waals surface area (Å²) in [4.78, 5) is 31.7. The molecule has 4 N–H and O–H groups in total. The van der Waals surface area contributed by atoms with Crippen LogP contribution < -0.4 is 26.2 Å². The average Bonchev–Trinajstić information content (AvgIpc) is 3.67. The molecular formula is C36H45BBrF3N7O6P. The molecule has 2 aromatic carbocycles. The highest BCUT2D eigenvalue weighted by atomic mass is 79.9. The second kappa shape index (κ2) is 16.6. The fourth-order valence-electron chi connectivity index (χ4n) is 6.00. The third-order valence-corrected chi connectivity index (χ3v) is 13.0. The number of alkyl halides is 3. The second-order valence-electron chi connectivity index (χ2n) is 14.2. The normalized spacial score (nSPS) is 16.7. The Hall–Kier alpha value is -3.96. The number of carbonyl (C=O) groups is 1. The van der Waals surface area contributed by atoms with Crippen molar-refractivity contribution in [2.24, 2.45) is 0 Å². The number of rotatable bonds is 15. The number of hydrogen-bond acceptors (Lipinski definition) is 10. The molecule has 1 amide bonds. The van der Waals surface area contributed by atoms with Crippen molar-refractivity contribution >= 4 is 64.9 Å². The number of anilines is 4. The van der Waals surface area contributed by atoms with Gasteiger partial charge in [-0.1, -0.05) is 28.9 Å². The molecule has 2 atom stereocenters. The fraction of sp³-hybridized carbons (Fsp3) is 0.444. The number of halogens is 4. The Balaban J connectivity index is 1.26. The molecule has 5 rings (SSSR count). The maximum Gasteiger partial charge on any atom is 0.498 e. The second-order valence-corrected chi connectivity index (χ2v) is 17.8. The van der Waals surface area contributed by atoms with E-state index in [4.69, 9.17) is 14.0 Å². The Morgan fingerprint density at radius 2 is 1.78 bits per heavy atom. The first-order valence-electron chi connectivity index (χ1n) is 17.6. The molecule has 0 bridgehead atoms. The van der Waals surface area contributed by atoms with Crippen molar-refractivity contribution in [1.82, 2.24) is 25.1 Å². The minimum absolute atomic E-state index is 0.0961. The predicted octanol–water partition coefficient (Wildman–Crippen LogP) is 7.29. The summed E-state index contributed by atoms with van der Waals surface area (Å²) in [6.45, 7) is 10.2. The summed E-state index contributed by atoms with van der Waals surface area (Å²) in [5.74, 6) is -0.938. The standard InChI is InChI=1S/C36H45BBrF3N7O6P/c1-8-25(55(50,51)15-9-14-48-21-23(19-44-48)37-53-34(2,3)35(4,5)54-37)16-22-10-12-29(30(17-22)52-7)46-33-43-20-27(36(39,40)41)31(47-33)45-28-13-11-24(38)18-26(28)32(49)42-6/h10-13,17-21,25H,8-9,14-16H2,1-7H3,(H,42,49)(H,50,51)(H2,43,45,46,47). The number of aryl methyl sites for hydroxylation is 1. The van der Waals surface area contributed by atoms with Gasteiger partial charge >= 0.3 is 13.3 Å². The molecule has 13 nitrogen and oxygen atoms in total. The first-order chi connectivity index (χ1) is 25.8. The van der Waals surface area contributed by atoms with Gasteiger partial charge in [-0.2, -0.15) is 23.3 Å². The highest BCUT2D eigenvalue weighted by Crippen LogP contribution is 2.50. The highest BCUT2D eigenvalue weighted by molar-refractivity contribution is 9.10. The van der Waals surface area contributed by atoms with Gasteiger partial charge in [0.15, 0.2) is 0 Å². The van der Waals surface area contributed by atoms with Crippen molar-refractivity contribution in [3.05, 3.63) is 76.2 Å². The molecule has 1 saturated heterocycles. The Kier molecular flexibility index (Phi) is 12.8. The smallest absolute Gasteiger partial charge is 0.495 e. The van der Waals surface area contributed by atoms with E-state index in [1.807, 2.05) is 40.8 Å². The molecule has 0 aliphatic carbocycles. The zero-order chi connectivity index (χ0) is 40.3. The monoisotopic (exact) mass is 849 g/mol. The van der Waals surface area contributed by atoms with Gasteiger partial charge in [-0.25, -0.2) is 4.98 Å². The zero-order valence-corrected chi connectivity index (χ0v) is 34.1. The van der Waals surface area contributed by atoms with Gasteiger partial charge in [-0.3, -0.25) is 14.0 Å². The number of benzene rings is 2. The summed E-state index contributed by atoms with van der Waals surface area (Å²) in [6.07, 6.45) is 0.645. The maximum atomic E-state index is 14.0. The van der Waals surface area contributed by atoms with Crippen LogP contribution in [0.1, 0.15) is 68.9 Å². The largest absolute Gasteiger partial charge is 0.498 e. The quantitative estimate of drug-likeness (QED) is 0.0703. The van der Waals surface area contributed by atoms with Gasteiger partial charge in [0.1, 0.15) is 17.1 Å². The topological polar surface area (TPSA) is 162 Å². The third-order valence-electron chi connectivity index (χ3n) is 9.87. The summed E-state index contributed by atoms with van der Waals surface area (Å²) >= 11 is 3.28. The van der Waals surface area contributed by atoms with Crippen LogP contribution in [0.2, 0.25) is 0 Å². The molecule has 296 valence electrons. The summed E-state index contributed by atoms with van der Waals surface area (Å²) in [5, 5.41) is 12.4. The Morgan fingerprint density at radius 3 is 2.42 bits per heavy atom. The number of carbonyl (C=O) groups excluding carboxylic acids is 1. The molecule has 0 saturated carbocycles. The van der Waals surface area contributed by atoms with Gasteiger partial charge in [-0.15, -0.1) is 0 Å². The first kappa shape index (κ1) is 42.2. The molecule has 3 heterocycles. The number of ether oxygens (including phenoxy) is 1. The Morgan fingerprint density at radius 1 is 1.09 bits per heavy atom. The van der Waals surface area contributed by atoms with E-state index in [1.54, 1.807) is 35.1 Å². The van der Waals surface area contributed by atoms with E-state index in [2.05, 4.69) is 46.9 Å². The minimum atomic E-state index is -4.80. The Bertz CT molecular complexity index is 2050. The summed E-state index contributed by atoms with van der Waals surface area (Å²) in [5.41, 5.74) is -0.572. The number of nitrogens with zero attached hydrogens (tertiary/aromatic N) is 4. The van der Waals surface area contributed by atoms with Crippen molar-refractivity contribution in [2.45, 2.75) is 83.5 Å². The number of hydrogen-bond donors (Lipinski definition) is 4. The maximum absolute atomic E-state index is 14.0. The number of nitrogens with one attached hydrogen (secondary N) is 3. The molecule has 2 unspecified atom stereocenters. The number of aromatic nitrogens is 4. The van der Waals surface area contributed by atoms with Crippen LogP contribution in [0, 0.1) is 0 Å². The summed E-state index contributed by atoms with van der Waals surface area (Å²) in [6, 6.07) is 9.60. The molecule has 4 aromatic rings. The van der Waals surface area contributed by atoms with E-state index in [9.17, 15) is 27.4 Å². The minimum Gasteiger partial charge on any atom is -0.495 e. The molecule has 1 aliphatic rings.